The molecule has 0 radical (unpaired) electrons. The Morgan fingerprint density at radius 1 is 0.947 bits per heavy atom. The van der Waals surface area contributed by atoms with Crippen molar-refractivity contribution in [2.45, 2.75) is 31.2 Å². The summed E-state index contributed by atoms with van der Waals surface area (Å²) >= 11 is 2.37. The summed E-state index contributed by atoms with van der Waals surface area (Å²) in [5.74, 6) is 0.726. The van der Waals surface area contributed by atoms with Crippen LogP contribution in [0.4, 0.5) is 0 Å². The zero-order valence-electron chi connectivity index (χ0n) is 10.9. The molecule has 1 atom stereocenters. The van der Waals surface area contributed by atoms with Crippen molar-refractivity contribution in [3.63, 3.8) is 0 Å². The molecule has 1 saturated carbocycles. The van der Waals surface area contributed by atoms with Crippen LogP contribution in [0.25, 0.3) is 0 Å². The number of halogens is 1. The first-order chi connectivity index (χ1) is 9.27. The Morgan fingerprint density at radius 2 is 1.58 bits per heavy atom. The van der Waals surface area contributed by atoms with Gasteiger partial charge in [-0.1, -0.05) is 48.9 Å². The summed E-state index contributed by atoms with van der Waals surface area (Å²) in [6.07, 6.45) is 3.99. The van der Waals surface area contributed by atoms with Gasteiger partial charge in [-0.3, -0.25) is 0 Å². The Hall–Kier alpha value is -0.870. The van der Waals surface area contributed by atoms with Gasteiger partial charge in [0, 0.05) is 3.57 Å². The fraction of sp³-hybridized carbons (Fsp3) is 0.294. The van der Waals surface area contributed by atoms with Crippen molar-refractivity contribution in [1.29, 1.82) is 0 Å². The second-order valence-electron chi connectivity index (χ2n) is 5.26. The van der Waals surface area contributed by atoms with Gasteiger partial charge in [0.05, 0.1) is 6.04 Å². The molecule has 98 valence electrons. The Labute approximate surface area is 128 Å². The minimum Gasteiger partial charge on any atom is -0.320 e. The van der Waals surface area contributed by atoms with Gasteiger partial charge in [-0.15, -0.1) is 0 Å². The average molecular weight is 363 g/mol. The van der Waals surface area contributed by atoms with E-state index in [1.165, 1.54) is 39.5 Å². The lowest BCUT2D eigenvalue weighted by molar-refractivity contribution is 0.416. The van der Waals surface area contributed by atoms with Gasteiger partial charge in [0.1, 0.15) is 0 Å². The molecular formula is C17H18IN. The van der Waals surface area contributed by atoms with E-state index in [-0.39, 0.29) is 6.04 Å². The Bertz CT molecular complexity index is 575. The number of nitrogens with two attached hydrogens (primary N) is 1. The maximum Gasteiger partial charge on any atom is 0.0564 e. The lowest BCUT2D eigenvalue weighted by Crippen LogP contribution is -2.19. The van der Waals surface area contributed by atoms with E-state index in [0.717, 1.165) is 5.92 Å². The van der Waals surface area contributed by atoms with Gasteiger partial charge in [-0.25, -0.2) is 0 Å². The second-order valence-corrected chi connectivity index (χ2v) is 6.42. The molecule has 2 aromatic carbocycles. The highest BCUT2D eigenvalue weighted by Crippen LogP contribution is 2.40. The fourth-order valence-corrected chi connectivity index (χ4v) is 3.50. The molecule has 1 fully saturated rings. The topological polar surface area (TPSA) is 26.0 Å². The van der Waals surface area contributed by atoms with Gasteiger partial charge >= 0.3 is 0 Å². The molecule has 1 nitrogen and oxygen atoms in total. The number of benzene rings is 2. The summed E-state index contributed by atoms with van der Waals surface area (Å²) in [6, 6.07) is 17.1. The highest BCUT2D eigenvalue weighted by atomic mass is 127. The molecule has 0 saturated heterocycles. The highest BCUT2D eigenvalue weighted by Gasteiger charge is 2.24. The fourth-order valence-electron chi connectivity index (χ4n) is 2.78. The molecule has 0 spiro atoms. The molecule has 0 amide bonds. The minimum atomic E-state index is -0.00935. The molecule has 2 aromatic rings. The van der Waals surface area contributed by atoms with Crippen LogP contribution in [0.3, 0.4) is 0 Å². The van der Waals surface area contributed by atoms with Crippen molar-refractivity contribution < 1.29 is 0 Å². The van der Waals surface area contributed by atoms with Crippen LogP contribution in [0.5, 0.6) is 0 Å². The molecule has 19 heavy (non-hydrogen) atoms. The first-order valence-electron chi connectivity index (χ1n) is 6.86. The van der Waals surface area contributed by atoms with Gasteiger partial charge in [0.2, 0.25) is 0 Å². The molecule has 0 aromatic heterocycles. The number of hydrogen-bond donors (Lipinski definition) is 1. The van der Waals surface area contributed by atoms with E-state index in [1.807, 2.05) is 0 Å². The molecule has 2 heteroatoms. The zero-order chi connectivity index (χ0) is 13.2. The van der Waals surface area contributed by atoms with Crippen LogP contribution in [0.15, 0.2) is 48.5 Å². The van der Waals surface area contributed by atoms with Crippen LogP contribution in [-0.2, 0) is 0 Å². The molecular weight excluding hydrogens is 345 g/mol. The van der Waals surface area contributed by atoms with Crippen molar-refractivity contribution in [2.24, 2.45) is 5.73 Å². The SMILES string of the molecule is NC(c1ccccc1I)c1ccccc1C1CCC1. The summed E-state index contributed by atoms with van der Waals surface area (Å²) in [5.41, 5.74) is 10.5. The standard InChI is InChI=1S/C17H18IN/c18-16-11-4-3-10-15(16)17(19)14-9-2-1-8-13(14)12-6-5-7-12/h1-4,8-12,17H,5-7,19H2. The van der Waals surface area contributed by atoms with Gasteiger partial charge in [0.25, 0.3) is 0 Å². The van der Waals surface area contributed by atoms with Crippen LogP contribution >= 0.6 is 22.6 Å². The van der Waals surface area contributed by atoms with E-state index < -0.39 is 0 Å². The van der Waals surface area contributed by atoms with Gasteiger partial charge in [0.15, 0.2) is 0 Å². The summed E-state index contributed by atoms with van der Waals surface area (Å²) < 4.78 is 1.25. The summed E-state index contributed by atoms with van der Waals surface area (Å²) in [5, 5.41) is 0. The van der Waals surface area contributed by atoms with Crippen LogP contribution in [0, 0.1) is 3.57 Å². The van der Waals surface area contributed by atoms with E-state index in [1.54, 1.807) is 0 Å². The molecule has 2 N–H and O–H groups in total. The van der Waals surface area contributed by atoms with E-state index in [4.69, 9.17) is 5.73 Å². The van der Waals surface area contributed by atoms with Gasteiger partial charge in [-0.05, 0) is 64.1 Å². The predicted molar refractivity (Wildman–Crippen MR) is 88.2 cm³/mol. The maximum absolute atomic E-state index is 6.53. The summed E-state index contributed by atoms with van der Waals surface area (Å²) in [7, 11) is 0. The largest absolute Gasteiger partial charge is 0.320 e. The van der Waals surface area contributed by atoms with Crippen LogP contribution in [-0.4, -0.2) is 0 Å². The van der Waals surface area contributed by atoms with Crippen LogP contribution < -0.4 is 5.73 Å². The van der Waals surface area contributed by atoms with Crippen molar-refractivity contribution >= 4 is 22.6 Å². The molecule has 1 unspecified atom stereocenters. The third kappa shape index (κ3) is 2.56. The van der Waals surface area contributed by atoms with E-state index in [2.05, 4.69) is 71.1 Å². The smallest absolute Gasteiger partial charge is 0.0564 e. The lowest BCUT2D eigenvalue weighted by atomic mass is 9.76. The Kier molecular flexibility index (Phi) is 3.89. The lowest BCUT2D eigenvalue weighted by Gasteiger charge is -2.29. The molecule has 1 aliphatic carbocycles. The first kappa shape index (κ1) is 13.1. The van der Waals surface area contributed by atoms with Gasteiger partial charge < -0.3 is 5.73 Å². The Balaban J connectivity index is 2.00. The third-order valence-corrected chi connectivity index (χ3v) is 5.10. The molecule has 3 rings (SSSR count). The molecule has 0 heterocycles. The molecule has 1 aliphatic rings. The van der Waals surface area contributed by atoms with Crippen molar-refractivity contribution in [2.75, 3.05) is 0 Å². The predicted octanol–water partition coefficient (Wildman–Crippen LogP) is 4.61. The van der Waals surface area contributed by atoms with E-state index in [9.17, 15) is 0 Å². The van der Waals surface area contributed by atoms with Crippen molar-refractivity contribution in [3.8, 4) is 0 Å². The highest BCUT2D eigenvalue weighted by molar-refractivity contribution is 14.1. The zero-order valence-corrected chi connectivity index (χ0v) is 13.0. The van der Waals surface area contributed by atoms with Crippen LogP contribution in [0.2, 0.25) is 0 Å². The van der Waals surface area contributed by atoms with E-state index >= 15 is 0 Å². The van der Waals surface area contributed by atoms with Crippen LogP contribution in [0.1, 0.15) is 47.9 Å². The minimum absolute atomic E-state index is 0.00935. The van der Waals surface area contributed by atoms with Crippen molar-refractivity contribution in [1.82, 2.24) is 0 Å². The second kappa shape index (κ2) is 5.63. The summed E-state index contributed by atoms with van der Waals surface area (Å²) in [4.78, 5) is 0. The molecule has 0 aliphatic heterocycles. The van der Waals surface area contributed by atoms with Gasteiger partial charge in [-0.2, -0.15) is 0 Å². The maximum atomic E-state index is 6.53. The number of rotatable bonds is 3. The monoisotopic (exact) mass is 363 g/mol. The third-order valence-electron chi connectivity index (χ3n) is 4.12. The summed E-state index contributed by atoms with van der Waals surface area (Å²) in [6.45, 7) is 0. The number of hydrogen-bond acceptors (Lipinski definition) is 1. The van der Waals surface area contributed by atoms with E-state index in [0.29, 0.717) is 0 Å². The first-order valence-corrected chi connectivity index (χ1v) is 7.94. The average Bonchev–Trinajstić information content (AvgIpc) is 2.37. The quantitative estimate of drug-likeness (QED) is 0.792. The normalized spacial score (nSPS) is 16.9. The van der Waals surface area contributed by atoms with Crippen molar-refractivity contribution in [3.05, 3.63) is 68.8 Å². The molecule has 0 bridgehead atoms. The Morgan fingerprint density at radius 3 is 2.21 bits per heavy atom.